The first-order chi connectivity index (χ1) is 27.5. The van der Waals surface area contributed by atoms with Crippen molar-refractivity contribution in [2.45, 2.75) is 50.9 Å². The van der Waals surface area contributed by atoms with Gasteiger partial charge in [0.1, 0.15) is 35.1 Å². The first-order valence-electron chi connectivity index (χ1n) is 17.6. The number of ketones is 2. The average molecular weight is 794 g/mol. The molecule has 58 heavy (non-hydrogen) atoms. The molecule has 6 N–H and O–H groups in total. The predicted octanol–water partition coefficient (Wildman–Crippen LogP) is 2.59. The summed E-state index contributed by atoms with van der Waals surface area (Å²) < 4.78 is 22.6. The molecule has 0 bridgehead atoms. The summed E-state index contributed by atoms with van der Waals surface area (Å²) in [6.45, 7) is 3.28. The molecule has 6 rings (SSSR count). The van der Waals surface area contributed by atoms with E-state index in [4.69, 9.17) is 24.7 Å². The minimum Gasteiger partial charge on any atom is -0.508 e. The van der Waals surface area contributed by atoms with Gasteiger partial charge >= 0.3 is 23.9 Å². The van der Waals surface area contributed by atoms with Gasteiger partial charge in [-0.15, -0.1) is 0 Å². The third-order valence-electron chi connectivity index (χ3n) is 9.40. The van der Waals surface area contributed by atoms with Gasteiger partial charge in [-0.1, -0.05) is 30.3 Å². The highest BCUT2D eigenvalue weighted by molar-refractivity contribution is 6.40. The number of carboxylic acid groups (broad SMARTS) is 1. The first kappa shape index (κ1) is 40.3. The second kappa shape index (κ2) is 16.0. The molecular formula is C41H35N3O14. The van der Waals surface area contributed by atoms with Crippen LogP contribution < -0.4 is 25.8 Å². The molecule has 0 aromatic heterocycles. The van der Waals surface area contributed by atoms with E-state index in [9.17, 15) is 48.6 Å². The molecular weight excluding hydrogens is 758 g/mol. The van der Waals surface area contributed by atoms with Gasteiger partial charge in [-0.3, -0.25) is 24.0 Å². The number of fused-ring (bicyclic) bond motifs is 6. The van der Waals surface area contributed by atoms with Crippen LogP contribution in [0, 0.1) is 6.92 Å². The van der Waals surface area contributed by atoms with E-state index in [1.165, 1.54) is 74.5 Å². The quantitative estimate of drug-likeness (QED) is 0.0740. The third-order valence-corrected chi connectivity index (χ3v) is 9.40. The molecule has 4 atom stereocenters. The highest BCUT2D eigenvalue weighted by Crippen LogP contribution is 2.57. The van der Waals surface area contributed by atoms with E-state index < -0.39 is 84.0 Å². The molecule has 0 saturated heterocycles. The van der Waals surface area contributed by atoms with Crippen molar-refractivity contribution < 1.29 is 67.5 Å². The molecule has 0 saturated carbocycles. The molecule has 4 aromatic rings. The standard InChI is InChI=1S/C41H35N3O14/c1-19-7-4-5-8-24(19)39(53)55-18-30(46)35(48)29(44-37(50)21(3)43-36(49)20(2)42)17-33(47)56-23-12-14-27-32(16-23)57-31-15-22(45)11-13-26(31)41(27)28-10-6-9-25(38(51)52)34(28)40(54)58-41/h4-16,20-21,29,45H,17-18,42H2,1-3H3,(H,43,49)(H,44,50)(H,51,52)/t20-,21-,29-,41?/m0/s1. The fourth-order valence-electron chi connectivity index (χ4n) is 6.51. The number of carboxylic acids is 1. The van der Waals surface area contributed by atoms with E-state index >= 15 is 0 Å². The van der Waals surface area contributed by atoms with Crippen molar-refractivity contribution in [1.29, 1.82) is 0 Å². The summed E-state index contributed by atoms with van der Waals surface area (Å²) in [6, 6.07) is 14.5. The number of hydrogen-bond acceptors (Lipinski definition) is 14. The Kier molecular flexibility index (Phi) is 11.1. The van der Waals surface area contributed by atoms with Crippen LogP contribution in [0.2, 0.25) is 0 Å². The maximum absolute atomic E-state index is 13.4. The number of aromatic hydroxyl groups is 1. The van der Waals surface area contributed by atoms with Crippen molar-refractivity contribution in [3.63, 3.8) is 0 Å². The lowest BCUT2D eigenvalue weighted by Crippen LogP contribution is -2.54. The Bertz CT molecular complexity index is 2420. The number of phenolic OH excluding ortho intramolecular Hbond substituents is 1. The average Bonchev–Trinajstić information content (AvgIpc) is 3.47. The van der Waals surface area contributed by atoms with Gasteiger partial charge < -0.3 is 45.5 Å². The first-order valence-corrected chi connectivity index (χ1v) is 17.6. The van der Waals surface area contributed by atoms with Gasteiger partial charge in [0.25, 0.3) is 0 Å². The molecule has 0 aliphatic carbocycles. The van der Waals surface area contributed by atoms with Gasteiger partial charge in [0.15, 0.2) is 12.2 Å². The van der Waals surface area contributed by atoms with E-state index in [0.29, 0.717) is 5.56 Å². The van der Waals surface area contributed by atoms with Crippen LogP contribution in [-0.2, 0) is 39.0 Å². The number of hydrogen-bond donors (Lipinski definition) is 5. The summed E-state index contributed by atoms with van der Waals surface area (Å²) in [4.78, 5) is 103. The molecule has 1 spiro atoms. The second-order valence-corrected chi connectivity index (χ2v) is 13.5. The van der Waals surface area contributed by atoms with Crippen LogP contribution >= 0.6 is 0 Å². The molecule has 4 aromatic carbocycles. The minimum atomic E-state index is -1.86. The Labute approximate surface area is 329 Å². The third kappa shape index (κ3) is 7.70. The van der Waals surface area contributed by atoms with Crippen molar-refractivity contribution in [3.05, 3.63) is 118 Å². The monoisotopic (exact) mass is 793 g/mol. The number of aromatic carboxylic acids is 1. The van der Waals surface area contributed by atoms with Crippen molar-refractivity contribution in [2.24, 2.45) is 5.73 Å². The predicted molar refractivity (Wildman–Crippen MR) is 198 cm³/mol. The molecule has 2 aliphatic heterocycles. The van der Waals surface area contributed by atoms with Crippen molar-refractivity contribution in [3.8, 4) is 23.0 Å². The van der Waals surface area contributed by atoms with Crippen LogP contribution in [-0.4, -0.2) is 82.2 Å². The maximum atomic E-state index is 13.4. The van der Waals surface area contributed by atoms with Gasteiger partial charge in [0, 0.05) is 28.8 Å². The lowest BCUT2D eigenvalue weighted by molar-refractivity contribution is -0.143. The number of phenols is 1. The Morgan fingerprint density at radius 2 is 1.50 bits per heavy atom. The number of benzene rings is 4. The van der Waals surface area contributed by atoms with Crippen LogP contribution in [0.25, 0.3) is 0 Å². The number of esters is 3. The number of nitrogens with two attached hydrogens (primary N) is 1. The van der Waals surface area contributed by atoms with E-state index in [1.807, 2.05) is 0 Å². The Hall–Kier alpha value is -7.40. The fourth-order valence-corrected chi connectivity index (χ4v) is 6.51. The minimum absolute atomic E-state index is 0.0256. The number of carbonyl (C=O) groups is 8. The van der Waals surface area contributed by atoms with Gasteiger partial charge in [0.05, 0.1) is 29.2 Å². The topological polar surface area (TPSA) is 264 Å². The zero-order valence-electron chi connectivity index (χ0n) is 31.0. The molecule has 1 unspecified atom stereocenters. The van der Waals surface area contributed by atoms with Crippen molar-refractivity contribution >= 4 is 47.3 Å². The Balaban J connectivity index is 1.26. The highest BCUT2D eigenvalue weighted by atomic mass is 16.6. The Morgan fingerprint density at radius 3 is 2.19 bits per heavy atom. The smallest absolute Gasteiger partial charge is 0.341 e. The fraction of sp³-hybridized carbons (Fsp3) is 0.220. The van der Waals surface area contributed by atoms with Gasteiger partial charge in [0.2, 0.25) is 23.4 Å². The summed E-state index contributed by atoms with van der Waals surface area (Å²) in [7, 11) is 0. The van der Waals surface area contributed by atoms with Crippen LogP contribution in [0.5, 0.6) is 23.0 Å². The molecule has 2 aliphatic rings. The summed E-state index contributed by atoms with van der Waals surface area (Å²) in [5.74, 6) is -8.97. The lowest BCUT2D eigenvalue weighted by atomic mass is 9.77. The molecule has 0 fully saturated rings. The zero-order valence-corrected chi connectivity index (χ0v) is 31.0. The normalized spacial score (nSPS) is 16.2. The van der Waals surface area contributed by atoms with Gasteiger partial charge in [-0.25, -0.2) is 14.4 Å². The number of rotatable bonds is 13. The Morgan fingerprint density at radius 1 is 0.828 bits per heavy atom. The van der Waals surface area contributed by atoms with E-state index in [0.717, 1.165) is 0 Å². The largest absolute Gasteiger partial charge is 0.508 e. The van der Waals surface area contributed by atoms with Crippen LogP contribution in [0.3, 0.4) is 0 Å². The van der Waals surface area contributed by atoms with Crippen molar-refractivity contribution in [2.75, 3.05) is 6.61 Å². The molecule has 0 radical (unpaired) electrons. The summed E-state index contributed by atoms with van der Waals surface area (Å²) in [6.07, 6.45) is -0.919. The number of ether oxygens (including phenoxy) is 4. The van der Waals surface area contributed by atoms with E-state index in [2.05, 4.69) is 10.6 Å². The SMILES string of the molecule is Cc1ccccc1C(=O)OCC(=O)C(=O)[C@H](CC(=O)Oc1ccc2c(c1)Oc1cc(O)ccc1C21OC(=O)c2c(C(=O)O)cccc21)NC(=O)[C@H](C)NC(=O)[C@H](C)N. The highest BCUT2D eigenvalue weighted by Gasteiger charge is 2.55. The van der Waals surface area contributed by atoms with Crippen molar-refractivity contribution in [1.82, 2.24) is 10.6 Å². The molecule has 2 amide bonds. The van der Waals surface area contributed by atoms with Crippen LogP contribution in [0.1, 0.15) is 73.6 Å². The maximum Gasteiger partial charge on any atom is 0.341 e. The van der Waals surface area contributed by atoms with Crippen LogP contribution in [0.15, 0.2) is 78.9 Å². The number of carbonyl (C=O) groups excluding carboxylic acids is 7. The summed E-state index contributed by atoms with van der Waals surface area (Å²) >= 11 is 0. The second-order valence-electron chi connectivity index (χ2n) is 13.5. The molecule has 17 nitrogen and oxygen atoms in total. The zero-order chi connectivity index (χ0) is 42.1. The van der Waals surface area contributed by atoms with E-state index in [-0.39, 0.29) is 56.4 Å². The number of aryl methyl sites for hydroxylation is 1. The summed E-state index contributed by atoms with van der Waals surface area (Å²) in [5, 5.41) is 24.7. The van der Waals surface area contributed by atoms with Gasteiger partial charge in [-0.05, 0) is 62.7 Å². The van der Waals surface area contributed by atoms with Gasteiger partial charge in [-0.2, -0.15) is 0 Å². The van der Waals surface area contributed by atoms with Crippen LogP contribution in [0.4, 0.5) is 0 Å². The summed E-state index contributed by atoms with van der Waals surface area (Å²) in [5.41, 5.74) is 4.65. The molecule has 2 heterocycles. The number of amides is 2. The molecule has 17 heteroatoms. The number of Topliss-reactive ketones (excluding diaryl/α,β-unsaturated/α-hetero) is 2. The molecule has 298 valence electrons. The van der Waals surface area contributed by atoms with E-state index in [1.54, 1.807) is 25.1 Å². The lowest BCUT2D eigenvalue weighted by Gasteiger charge is -2.36. The number of nitrogens with one attached hydrogen (secondary N) is 2.